The Hall–Kier alpha value is -1.09. The van der Waals surface area contributed by atoms with E-state index in [1.54, 1.807) is 0 Å². The third kappa shape index (κ3) is 5.20. The largest absolute Gasteiger partial charge is 0.872 e. The van der Waals surface area contributed by atoms with E-state index in [0.29, 0.717) is 30.6 Å². The first-order valence-corrected chi connectivity index (χ1v) is 8.98. The predicted octanol–water partition coefficient (Wildman–Crippen LogP) is 1.55. The zero-order valence-corrected chi connectivity index (χ0v) is 17.8. The lowest BCUT2D eigenvalue weighted by Gasteiger charge is -2.32. The molecule has 0 saturated carbocycles. The lowest BCUT2D eigenvalue weighted by molar-refractivity contribution is -0.906. The van der Waals surface area contributed by atoms with Crippen LogP contribution in [0.15, 0.2) is 4.79 Å². The fourth-order valence-corrected chi connectivity index (χ4v) is 3.24. The number of aromatic amines is 1. The van der Waals surface area contributed by atoms with Crippen LogP contribution in [-0.4, -0.2) is 48.6 Å². The summed E-state index contributed by atoms with van der Waals surface area (Å²) in [7, 11) is 2.19. The Labute approximate surface area is 166 Å². The van der Waals surface area contributed by atoms with Crippen molar-refractivity contribution in [2.75, 3.05) is 33.2 Å². The summed E-state index contributed by atoms with van der Waals surface area (Å²) in [6.45, 7) is 7.82. The summed E-state index contributed by atoms with van der Waals surface area (Å²) in [6, 6.07) is 0. The van der Waals surface area contributed by atoms with E-state index in [2.05, 4.69) is 31.2 Å². The Balaban J connectivity index is 0.00000312. The van der Waals surface area contributed by atoms with Crippen LogP contribution in [0.25, 0.3) is 0 Å². The van der Waals surface area contributed by atoms with Crippen LogP contribution in [0.4, 0.5) is 0 Å². The third-order valence-corrected chi connectivity index (χ3v) is 5.37. The van der Waals surface area contributed by atoms with Gasteiger partial charge in [0.1, 0.15) is 0 Å². The molecular weight excluding hydrogens is 433 g/mol. The summed E-state index contributed by atoms with van der Waals surface area (Å²) in [5, 5.41) is 15.2. The van der Waals surface area contributed by atoms with Crippen molar-refractivity contribution in [3.63, 3.8) is 0 Å². The minimum absolute atomic E-state index is 0. The van der Waals surface area contributed by atoms with E-state index in [1.165, 1.54) is 0 Å². The monoisotopic (exact) mass is 463 g/mol. The van der Waals surface area contributed by atoms with Crippen LogP contribution in [0.5, 0.6) is 5.75 Å². The van der Waals surface area contributed by atoms with Crippen molar-refractivity contribution >= 4 is 29.9 Å². The van der Waals surface area contributed by atoms with Crippen LogP contribution >= 0.6 is 24.0 Å². The number of H-pyrrole nitrogens is 1. The summed E-state index contributed by atoms with van der Waals surface area (Å²) < 4.78 is 0.947. The molecule has 7 heteroatoms. The average molecular weight is 463 g/mol. The molecule has 0 fully saturated rings. The van der Waals surface area contributed by atoms with Crippen molar-refractivity contribution in [1.82, 2.24) is 10.3 Å². The molecule has 1 aliphatic rings. The summed E-state index contributed by atoms with van der Waals surface area (Å²) in [6.07, 6.45) is 4.08. The van der Waals surface area contributed by atoms with Gasteiger partial charge >= 0.3 is 0 Å². The molecule has 0 aromatic carbocycles. The molecule has 0 spiro atoms. The number of rotatable bonds is 7. The van der Waals surface area contributed by atoms with Gasteiger partial charge < -0.3 is 19.9 Å². The fraction of sp³-hybridized carbons (Fsp3) is 0.667. The Kier molecular flexibility index (Phi) is 8.40. The molecule has 0 aliphatic heterocycles. The van der Waals surface area contributed by atoms with Crippen LogP contribution in [0.2, 0.25) is 0 Å². The van der Waals surface area contributed by atoms with Gasteiger partial charge in [0, 0.05) is 18.7 Å². The lowest BCUT2D eigenvalue weighted by atomic mass is 9.93. The second kappa shape index (κ2) is 9.56. The normalized spacial score (nSPS) is 13.7. The van der Waals surface area contributed by atoms with E-state index in [-0.39, 0.29) is 35.3 Å². The smallest absolute Gasteiger partial charge is 0.260 e. The first-order chi connectivity index (χ1) is 11.4. The number of carbonyl (C=O) groups is 1. The fourth-order valence-electron chi connectivity index (χ4n) is 3.24. The van der Waals surface area contributed by atoms with Gasteiger partial charge in [-0.05, 0) is 45.1 Å². The molecule has 1 aliphatic carbocycles. The highest BCUT2D eigenvalue weighted by Crippen LogP contribution is 2.26. The van der Waals surface area contributed by atoms with Gasteiger partial charge in [0.15, 0.2) is 0 Å². The molecule has 6 nitrogen and oxygen atoms in total. The zero-order chi connectivity index (χ0) is 17.7. The maximum absolute atomic E-state index is 12.5. The van der Waals surface area contributed by atoms with Crippen molar-refractivity contribution in [1.29, 1.82) is 0 Å². The number of halogens is 1. The molecule has 1 aromatic heterocycles. The maximum Gasteiger partial charge on any atom is 0.260 e. The van der Waals surface area contributed by atoms with Crippen LogP contribution in [-0.2, 0) is 12.8 Å². The molecule has 142 valence electrons. The van der Waals surface area contributed by atoms with Gasteiger partial charge in [-0.2, -0.15) is 0 Å². The summed E-state index contributed by atoms with van der Waals surface area (Å²) in [4.78, 5) is 27.1. The summed E-state index contributed by atoms with van der Waals surface area (Å²) in [5.74, 6) is -0.925. The predicted molar refractivity (Wildman–Crippen MR) is 108 cm³/mol. The Morgan fingerprint density at radius 2 is 1.88 bits per heavy atom. The van der Waals surface area contributed by atoms with Gasteiger partial charge in [-0.3, -0.25) is 9.59 Å². The zero-order valence-electron chi connectivity index (χ0n) is 15.4. The van der Waals surface area contributed by atoms with Crippen molar-refractivity contribution in [3.05, 3.63) is 27.2 Å². The summed E-state index contributed by atoms with van der Waals surface area (Å²) in [5.41, 5.74) is 0.527. The van der Waals surface area contributed by atoms with E-state index < -0.39 is 11.5 Å². The quantitative estimate of drug-likeness (QED) is 0.366. The van der Waals surface area contributed by atoms with E-state index in [0.717, 1.165) is 43.4 Å². The number of hydrogen-bond donors (Lipinski definition) is 2. The molecule has 1 heterocycles. The molecule has 1 aromatic rings. The van der Waals surface area contributed by atoms with Crippen molar-refractivity contribution in [3.8, 4) is 5.75 Å². The number of aryl methyl sites for hydroxylation is 1. The van der Waals surface area contributed by atoms with Crippen molar-refractivity contribution in [2.45, 2.75) is 46.0 Å². The average Bonchev–Trinajstić information content (AvgIpc) is 2.58. The topological polar surface area (TPSA) is 85.0 Å². The van der Waals surface area contributed by atoms with Crippen LogP contribution in [0.1, 0.15) is 54.7 Å². The lowest BCUT2D eigenvalue weighted by Crippen LogP contribution is -2.45. The Morgan fingerprint density at radius 1 is 1.24 bits per heavy atom. The van der Waals surface area contributed by atoms with Crippen LogP contribution < -0.4 is 16.0 Å². The van der Waals surface area contributed by atoms with E-state index in [9.17, 15) is 14.7 Å². The minimum Gasteiger partial charge on any atom is -0.872 e. The number of quaternary nitrogens is 1. The highest BCUT2D eigenvalue weighted by Gasteiger charge is 2.20. The van der Waals surface area contributed by atoms with Gasteiger partial charge in [-0.1, -0.05) is 5.75 Å². The van der Waals surface area contributed by atoms with Gasteiger partial charge in [0.05, 0.1) is 32.2 Å². The first-order valence-electron chi connectivity index (χ1n) is 8.98. The number of fused-ring (bicyclic) bond motifs is 1. The summed E-state index contributed by atoms with van der Waals surface area (Å²) >= 11 is 0. The molecule has 0 saturated heterocycles. The van der Waals surface area contributed by atoms with Crippen LogP contribution in [0.3, 0.4) is 0 Å². The maximum atomic E-state index is 12.5. The number of carbonyl (C=O) groups excluding carboxylic acids is 1. The molecule has 2 rings (SSSR count). The minimum atomic E-state index is -0.555. The molecule has 25 heavy (non-hydrogen) atoms. The molecular formula is C18H30IN3O3. The van der Waals surface area contributed by atoms with Crippen molar-refractivity contribution in [2.24, 2.45) is 0 Å². The number of hydrogen-bond acceptors (Lipinski definition) is 3. The molecule has 0 atom stereocenters. The number of nitrogens with zero attached hydrogens (tertiary/aromatic N) is 1. The number of aromatic nitrogens is 1. The third-order valence-electron chi connectivity index (χ3n) is 5.37. The molecule has 0 unspecified atom stereocenters. The van der Waals surface area contributed by atoms with Crippen LogP contribution in [0, 0.1) is 0 Å². The van der Waals surface area contributed by atoms with Gasteiger partial charge in [0.25, 0.3) is 11.5 Å². The van der Waals surface area contributed by atoms with E-state index >= 15 is 0 Å². The van der Waals surface area contributed by atoms with E-state index in [4.69, 9.17) is 0 Å². The number of amides is 1. The number of nitrogens with one attached hydrogen (secondary N) is 2. The SMILES string of the molecule is CC[N+](C)(CC)CCCNC(=O)c1c([O-])c2c([nH]c1=O)CCCC2.I. The first kappa shape index (κ1) is 22.0. The second-order valence-electron chi connectivity index (χ2n) is 6.91. The van der Waals surface area contributed by atoms with Crippen molar-refractivity contribution < 1.29 is 14.4 Å². The molecule has 0 bridgehead atoms. The standard InChI is InChI=1S/C18H29N3O3.HI/c1-4-21(3,5-2)12-8-11-19-17(23)15-16(22)13-9-6-7-10-14(13)20-18(15)24;/h4-12H2,1-3H3,(H2-,19,20,22,23,24);1H. The Morgan fingerprint density at radius 3 is 2.52 bits per heavy atom. The Bertz CT molecular complexity index is 654. The van der Waals surface area contributed by atoms with Gasteiger partial charge in [-0.15, -0.1) is 24.0 Å². The highest BCUT2D eigenvalue weighted by molar-refractivity contribution is 14.0. The molecule has 2 N–H and O–H groups in total. The highest BCUT2D eigenvalue weighted by atomic mass is 127. The van der Waals surface area contributed by atoms with Gasteiger partial charge in [-0.25, -0.2) is 0 Å². The second-order valence-corrected chi connectivity index (χ2v) is 6.91. The van der Waals surface area contributed by atoms with E-state index in [1.807, 2.05) is 0 Å². The molecule has 1 amide bonds. The van der Waals surface area contributed by atoms with Gasteiger partial charge in [0.2, 0.25) is 0 Å². The molecule has 0 radical (unpaired) electrons. The number of pyridine rings is 1.